The molecule has 1 aromatic carbocycles. The fourth-order valence-electron chi connectivity index (χ4n) is 1.59. The molecule has 0 amide bonds. The summed E-state index contributed by atoms with van der Waals surface area (Å²) in [7, 11) is 1.64. The van der Waals surface area contributed by atoms with E-state index in [0.717, 1.165) is 27.9 Å². The van der Waals surface area contributed by atoms with Gasteiger partial charge in [0.1, 0.15) is 5.75 Å². The van der Waals surface area contributed by atoms with E-state index in [-0.39, 0.29) is 0 Å². The summed E-state index contributed by atoms with van der Waals surface area (Å²) >= 11 is 7.79. The second kappa shape index (κ2) is 5.19. The van der Waals surface area contributed by atoms with Crippen LogP contribution in [0.4, 0.5) is 5.69 Å². The number of halogens is 1. The Balaban J connectivity index is 2.26. The Hall–Kier alpha value is -0.870. The van der Waals surface area contributed by atoms with Gasteiger partial charge in [-0.3, -0.25) is 4.99 Å². The minimum absolute atomic E-state index is 0.377. The fourth-order valence-corrected chi connectivity index (χ4v) is 2.65. The van der Waals surface area contributed by atoms with Gasteiger partial charge in [-0.15, -0.1) is 0 Å². The standard InChI is InChI=1S/C12H15ClN2OS/c1-7-4-10(11(16-3)5-9(7)13)15-12-14-8(2)6-17-12/h4-5,8H,6H2,1-3H3,(H,14,15). The Morgan fingerprint density at radius 1 is 1.53 bits per heavy atom. The van der Waals surface area contributed by atoms with E-state index in [9.17, 15) is 0 Å². The van der Waals surface area contributed by atoms with Crippen LogP contribution in [0.3, 0.4) is 0 Å². The maximum atomic E-state index is 6.06. The van der Waals surface area contributed by atoms with Crippen molar-refractivity contribution in [1.29, 1.82) is 0 Å². The highest BCUT2D eigenvalue weighted by molar-refractivity contribution is 8.14. The van der Waals surface area contributed by atoms with E-state index in [4.69, 9.17) is 16.3 Å². The zero-order chi connectivity index (χ0) is 12.4. The number of methoxy groups -OCH3 is 1. The van der Waals surface area contributed by atoms with Gasteiger partial charge in [-0.05, 0) is 25.5 Å². The van der Waals surface area contributed by atoms with Crippen LogP contribution in [-0.4, -0.2) is 24.1 Å². The molecule has 1 heterocycles. The maximum Gasteiger partial charge on any atom is 0.161 e. The van der Waals surface area contributed by atoms with Gasteiger partial charge in [0, 0.05) is 16.8 Å². The van der Waals surface area contributed by atoms with Crippen molar-refractivity contribution in [2.24, 2.45) is 4.99 Å². The van der Waals surface area contributed by atoms with Crippen LogP contribution in [0.15, 0.2) is 17.1 Å². The summed E-state index contributed by atoms with van der Waals surface area (Å²) in [6.07, 6.45) is 0. The van der Waals surface area contributed by atoms with Crippen LogP contribution in [0, 0.1) is 6.92 Å². The number of hydrogen-bond donors (Lipinski definition) is 1. The number of amidine groups is 1. The topological polar surface area (TPSA) is 33.6 Å². The molecule has 1 unspecified atom stereocenters. The van der Waals surface area contributed by atoms with E-state index in [0.29, 0.717) is 11.1 Å². The van der Waals surface area contributed by atoms with E-state index < -0.39 is 0 Å². The molecule has 1 aromatic rings. The number of hydrogen-bond acceptors (Lipinski definition) is 4. The first kappa shape index (κ1) is 12.6. The third kappa shape index (κ3) is 2.87. The van der Waals surface area contributed by atoms with Gasteiger partial charge in [0.15, 0.2) is 5.17 Å². The molecular weight excluding hydrogens is 256 g/mol. The maximum absolute atomic E-state index is 6.06. The molecule has 2 rings (SSSR count). The zero-order valence-corrected chi connectivity index (χ0v) is 11.7. The van der Waals surface area contributed by atoms with Gasteiger partial charge in [0.05, 0.1) is 18.8 Å². The molecule has 0 bridgehead atoms. The predicted molar refractivity (Wildman–Crippen MR) is 75.7 cm³/mol. The molecule has 0 aromatic heterocycles. The molecule has 17 heavy (non-hydrogen) atoms. The molecule has 0 saturated carbocycles. The smallest absolute Gasteiger partial charge is 0.161 e. The third-order valence-electron chi connectivity index (χ3n) is 2.52. The second-order valence-electron chi connectivity index (χ2n) is 4.02. The number of aliphatic imine (C=N–C) groups is 1. The first-order chi connectivity index (χ1) is 8.10. The molecule has 0 fully saturated rings. The molecule has 1 atom stereocenters. The van der Waals surface area contributed by atoms with Crippen LogP contribution in [0.25, 0.3) is 0 Å². The predicted octanol–water partition coefficient (Wildman–Crippen LogP) is 3.56. The van der Waals surface area contributed by atoms with Crippen molar-refractivity contribution >= 4 is 34.2 Å². The van der Waals surface area contributed by atoms with Crippen molar-refractivity contribution in [3.05, 3.63) is 22.7 Å². The Bertz CT molecular complexity index is 462. The molecule has 0 aliphatic carbocycles. The van der Waals surface area contributed by atoms with Crippen LogP contribution >= 0.6 is 23.4 Å². The number of thioether (sulfide) groups is 1. The summed E-state index contributed by atoms with van der Waals surface area (Å²) in [6, 6.07) is 4.18. The average molecular weight is 271 g/mol. The molecular formula is C12H15ClN2OS. The van der Waals surface area contributed by atoms with Crippen LogP contribution in [0.1, 0.15) is 12.5 Å². The summed E-state index contributed by atoms with van der Waals surface area (Å²) in [5, 5.41) is 4.94. The summed E-state index contributed by atoms with van der Waals surface area (Å²) in [5.41, 5.74) is 1.93. The highest BCUT2D eigenvalue weighted by Crippen LogP contribution is 2.32. The molecule has 0 spiro atoms. The molecule has 0 saturated heterocycles. The molecule has 3 nitrogen and oxygen atoms in total. The van der Waals surface area contributed by atoms with Crippen molar-refractivity contribution in [2.75, 3.05) is 18.2 Å². The minimum atomic E-state index is 0.377. The highest BCUT2D eigenvalue weighted by Gasteiger charge is 2.16. The van der Waals surface area contributed by atoms with Gasteiger partial charge < -0.3 is 10.1 Å². The lowest BCUT2D eigenvalue weighted by Gasteiger charge is -2.12. The van der Waals surface area contributed by atoms with Gasteiger partial charge in [0.25, 0.3) is 0 Å². The van der Waals surface area contributed by atoms with Gasteiger partial charge in [0.2, 0.25) is 0 Å². The van der Waals surface area contributed by atoms with Gasteiger partial charge in [-0.25, -0.2) is 0 Å². The first-order valence-corrected chi connectivity index (χ1v) is 6.78. The Morgan fingerprint density at radius 2 is 2.29 bits per heavy atom. The number of aryl methyl sites for hydroxylation is 1. The van der Waals surface area contributed by atoms with E-state index in [1.807, 2.05) is 19.1 Å². The molecule has 5 heteroatoms. The number of anilines is 1. The van der Waals surface area contributed by atoms with Crippen molar-refractivity contribution in [3.8, 4) is 5.75 Å². The van der Waals surface area contributed by atoms with E-state index in [1.54, 1.807) is 18.9 Å². The average Bonchev–Trinajstić information content (AvgIpc) is 2.69. The van der Waals surface area contributed by atoms with E-state index in [2.05, 4.69) is 17.2 Å². The lowest BCUT2D eigenvalue weighted by atomic mass is 10.2. The van der Waals surface area contributed by atoms with Crippen molar-refractivity contribution < 1.29 is 4.74 Å². The molecule has 92 valence electrons. The number of rotatable bonds is 2. The number of ether oxygens (including phenoxy) is 1. The summed E-state index contributed by atoms with van der Waals surface area (Å²) in [5.74, 6) is 1.76. The lowest BCUT2D eigenvalue weighted by Crippen LogP contribution is -2.06. The largest absolute Gasteiger partial charge is 0.495 e. The van der Waals surface area contributed by atoms with Gasteiger partial charge >= 0.3 is 0 Å². The van der Waals surface area contributed by atoms with Gasteiger partial charge in [-0.2, -0.15) is 0 Å². The molecule has 1 N–H and O–H groups in total. The number of nitrogens with one attached hydrogen (secondary N) is 1. The Morgan fingerprint density at radius 3 is 2.88 bits per heavy atom. The molecule has 1 aliphatic rings. The van der Waals surface area contributed by atoms with Crippen LogP contribution in [0.5, 0.6) is 5.75 Å². The van der Waals surface area contributed by atoms with Crippen molar-refractivity contribution in [1.82, 2.24) is 0 Å². The number of nitrogens with zero attached hydrogens (tertiary/aromatic N) is 1. The summed E-state index contributed by atoms with van der Waals surface area (Å²) in [4.78, 5) is 4.49. The fraction of sp³-hybridized carbons (Fsp3) is 0.417. The zero-order valence-electron chi connectivity index (χ0n) is 10.1. The molecule has 1 aliphatic heterocycles. The Labute approximate surface area is 111 Å². The monoisotopic (exact) mass is 270 g/mol. The Kier molecular flexibility index (Phi) is 3.84. The second-order valence-corrected chi connectivity index (χ2v) is 5.44. The van der Waals surface area contributed by atoms with Gasteiger partial charge in [-0.1, -0.05) is 23.4 Å². The van der Waals surface area contributed by atoms with E-state index >= 15 is 0 Å². The third-order valence-corrected chi connectivity index (χ3v) is 4.06. The first-order valence-electron chi connectivity index (χ1n) is 5.42. The SMILES string of the molecule is COc1cc(Cl)c(C)cc1NC1=NC(C)CS1. The molecule has 0 radical (unpaired) electrons. The minimum Gasteiger partial charge on any atom is -0.495 e. The van der Waals surface area contributed by atoms with Crippen molar-refractivity contribution in [3.63, 3.8) is 0 Å². The van der Waals surface area contributed by atoms with Crippen LogP contribution < -0.4 is 10.1 Å². The highest BCUT2D eigenvalue weighted by atomic mass is 35.5. The normalized spacial score (nSPS) is 19.1. The van der Waals surface area contributed by atoms with Crippen molar-refractivity contribution in [2.45, 2.75) is 19.9 Å². The summed E-state index contributed by atoms with van der Waals surface area (Å²) in [6.45, 7) is 4.07. The number of benzene rings is 1. The summed E-state index contributed by atoms with van der Waals surface area (Å²) < 4.78 is 5.31. The quantitative estimate of drug-likeness (QED) is 0.892. The lowest BCUT2D eigenvalue weighted by molar-refractivity contribution is 0.417. The van der Waals surface area contributed by atoms with Crippen LogP contribution in [-0.2, 0) is 0 Å². The van der Waals surface area contributed by atoms with Crippen LogP contribution in [0.2, 0.25) is 5.02 Å². The van der Waals surface area contributed by atoms with E-state index in [1.165, 1.54) is 0 Å².